The van der Waals surface area contributed by atoms with Gasteiger partial charge in [-0.3, -0.25) is 9.10 Å². The van der Waals surface area contributed by atoms with Gasteiger partial charge in [0, 0.05) is 16.6 Å². The molecule has 186 valence electrons. The van der Waals surface area contributed by atoms with E-state index in [1.54, 1.807) is 60.7 Å². The first-order valence-corrected chi connectivity index (χ1v) is 13.0. The number of benzene rings is 4. The van der Waals surface area contributed by atoms with Crippen molar-refractivity contribution in [3.63, 3.8) is 0 Å². The molecule has 0 saturated carbocycles. The lowest BCUT2D eigenvalue weighted by atomic mass is 10.1. The summed E-state index contributed by atoms with van der Waals surface area (Å²) in [6.45, 7) is 3.36. The Balaban J connectivity index is 1.49. The second-order valence-electron chi connectivity index (χ2n) is 8.57. The average Bonchev–Trinajstić information content (AvgIpc) is 3.44. The molecule has 0 unspecified atom stereocenters. The Hall–Kier alpha value is -4.57. The van der Waals surface area contributed by atoms with Gasteiger partial charge in [-0.1, -0.05) is 48.5 Å². The maximum absolute atomic E-state index is 14.1. The zero-order valence-corrected chi connectivity index (χ0v) is 21.0. The Morgan fingerprint density at radius 1 is 0.919 bits per heavy atom. The summed E-state index contributed by atoms with van der Waals surface area (Å²) in [5.41, 5.74) is 3.40. The number of aromatic nitrogens is 4. The molecule has 0 aliphatic rings. The second-order valence-corrected chi connectivity index (χ2v) is 10.4. The number of hydrogen-bond acceptors (Lipinski definition) is 6. The molecule has 37 heavy (non-hydrogen) atoms. The molecule has 0 radical (unpaired) electrons. The molecule has 0 spiro atoms. The van der Waals surface area contributed by atoms with Gasteiger partial charge in [-0.15, -0.1) is 10.2 Å². The van der Waals surface area contributed by atoms with Crippen molar-refractivity contribution in [1.29, 1.82) is 0 Å². The molecule has 0 bridgehead atoms. The molecule has 10 heteroatoms. The maximum atomic E-state index is 14.1. The van der Waals surface area contributed by atoms with Gasteiger partial charge in [-0.2, -0.15) is 5.21 Å². The fourth-order valence-corrected chi connectivity index (χ4v) is 5.86. The second kappa shape index (κ2) is 9.82. The van der Waals surface area contributed by atoms with Crippen LogP contribution in [0.3, 0.4) is 0 Å². The predicted octanol–water partition coefficient (Wildman–Crippen LogP) is 4.47. The Kier molecular flexibility index (Phi) is 6.41. The summed E-state index contributed by atoms with van der Waals surface area (Å²) in [6.07, 6.45) is 0. The van der Waals surface area contributed by atoms with Crippen molar-refractivity contribution >= 4 is 38.1 Å². The monoisotopic (exact) mass is 512 g/mol. The summed E-state index contributed by atoms with van der Waals surface area (Å²) < 4.78 is 29.4. The van der Waals surface area contributed by atoms with Crippen LogP contribution in [0.2, 0.25) is 0 Å². The smallest absolute Gasteiger partial charge is 0.265 e. The largest absolute Gasteiger partial charge is 0.325 e. The van der Waals surface area contributed by atoms with Crippen LogP contribution in [-0.4, -0.2) is 41.5 Å². The van der Waals surface area contributed by atoms with Crippen LogP contribution in [0.15, 0.2) is 89.8 Å². The number of fused-ring (bicyclic) bond motifs is 1. The van der Waals surface area contributed by atoms with Gasteiger partial charge in [0.25, 0.3) is 10.0 Å². The van der Waals surface area contributed by atoms with E-state index in [0.717, 1.165) is 22.1 Å². The number of rotatable bonds is 7. The molecule has 2 N–H and O–H groups in total. The number of anilines is 2. The molecule has 0 aliphatic heterocycles. The fraction of sp³-hybridized carbons (Fsp3) is 0.111. The fourth-order valence-electron chi connectivity index (χ4n) is 4.16. The van der Waals surface area contributed by atoms with E-state index in [1.165, 1.54) is 4.31 Å². The molecule has 5 aromatic rings. The zero-order valence-electron chi connectivity index (χ0n) is 20.2. The first kappa shape index (κ1) is 24.1. The molecule has 9 nitrogen and oxygen atoms in total. The number of nitrogens with one attached hydrogen (secondary N) is 2. The van der Waals surface area contributed by atoms with Crippen molar-refractivity contribution in [2.75, 3.05) is 16.2 Å². The molecular formula is C27H24N6O3S. The Morgan fingerprint density at radius 3 is 2.41 bits per heavy atom. The highest BCUT2D eigenvalue weighted by Gasteiger charge is 2.30. The van der Waals surface area contributed by atoms with Crippen LogP contribution < -0.4 is 9.62 Å². The Bertz CT molecular complexity index is 1680. The molecule has 0 saturated heterocycles. The number of carbonyl (C=O) groups is 1. The van der Waals surface area contributed by atoms with Crippen molar-refractivity contribution in [3.8, 4) is 11.4 Å². The van der Waals surface area contributed by atoms with Gasteiger partial charge in [0.05, 0.1) is 10.6 Å². The van der Waals surface area contributed by atoms with Crippen LogP contribution in [0, 0.1) is 13.8 Å². The number of carbonyl (C=O) groups excluding carboxylic acids is 1. The van der Waals surface area contributed by atoms with E-state index in [4.69, 9.17) is 0 Å². The highest BCUT2D eigenvalue weighted by Crippen LogP contribution is 2.32. The van der Waals surface area contributed by atoms with Gasteiger partial charge in [0.15, 0.2) is 0 Å². The number of aryl methyl sites for hydroxylation is 1. The van der Waals surface area contributed by atoms with E-state index < -0.39 is 22.5 Å². The molecular weight excluding hydrogens is 488 g/mol. The number of nitrogens with zero attached hydrogens (tertiary/aromatic N) is 4. The third-order valence-electron chi connectivity index (χ3n) is 6.22. The number of hydrogen-bond donors (Lipinski definition) is 2. The Labute approximate surface area is 214 Å². The third kappa shape index (κ3) is 4.78. The summed E-state index contributed by atoms with van der Waals surface area (Å²) in [5.74, 6) is -0.0443. The quantitative estimate of drug-likeness (QED) is 0.332. The van der Waals surface area contributed by atoms with Crippen molar-refractivity contribution in [3.05, 3.63) is 96.1 Å². The van der Waals surface area contributed by atoms with Gasteiger partial charge in [0.2, 0.25) is 11.7 Å². The van der Waals surface area contributed by atoms with Crippen LogP contribution in [0.4, 0.5) is 11.4 Å². The lowest BCUT2D eigenvalue weighted by Crippen LogP contribution is -2.38. The zero-order chi connectivity index (χ0) is 26.0. The number of sulfonamides is 1. The number of amides is 1. The Morgan fingerprint density at radius 2 is 1.65 bits per heavy atom. The SMILES string of the molecule is Cc1cccc(N(CC(=O)Nc2ccc(-c3nn[nH]n3)cc2)S(=O)(=O)c2cccc3ccccc23)c1C. The van der Waals surface area contributed by atoms with Gasteiger partial charge in [-0.05, 0) is 72.0 Å². The molecule has 0 fully saturated rings. The van der Waals surface area contributed by atoms with Crippen LogP contribution in [0.25, 0.3) is 22.2 Å². The standard InChI is InChI=1S/C27H24N6O3S/c1-18-7-5-11-24(19(18)2)33(37(35,36)25-12-6-9-20-8-3-4-10-23(20)25)17-26(34)28-22-15-13-21(14-16-22)27-29-31-32-30-27/h3-16H,17H2,1-2H3,(H,28,34)(H,29,30,31,32). The molecule has 1 amide bonds. The van der Waals surface area contributed by atoms with Crippen LogP contribution in [-0.2, 0) is 14.8 Å². The van der Waals surface area contributed by atoms with Crippen LogP contribution in [0.5, 0.6) is 0 Å². The van der Waals surface area contributed by atoms with Gasteiger partial charge >= 0.3 is 0 Å². The third-order valence-corrected chi connectivity index (χ3v) is 8.04. The minimum Gasteiger partial charge on any atom is -0.325 e. The van der Waals surface area contributed by atoms with E-state index >= 15 is 0 Å². The van der Waals surface area contributed by atoms with Crippen molar-refractivity contribution in [2.24, 2.45) is 0 Å². The van der Waals surface area contributed by atoms with Crippen molar-refractivity contribution < 1.29 is 13.2 Å². The van der Waals surface area contributed by atoms with Crippen LogP contribution >= 0.6 is 0 Å². The minimum atomic E-state index is -4.10. The van der Waals surface area contributed by atoms with E-state index in [0.29, 0.717) is 22.6 Å². The summed E-state index contributed by atoms with van der Waals surface area (Å²) in [4.78, 5) is 13.3. The first-order chi connectivity index (χ1) is 17.8. The summed E-state index contributed by atoms with van der Waals surface area (Å²) >= 11 is 0. The van der Waals surface area contributed by atoms with Crippen molar-refractivity contribution in [1.82, 2.24) is 20.6 Å². The molecule has 0 aliphatic carbocycles. The molecule has 5 rings (SSSR count). The van der Waals surface area contributed by atoms with E-state index in [2.05, 4.69) is 25.9 Å². The minimum absolute atomic E-state index is 0.142. The van der Waals surface area contributed by atoms with E-state index in [1.807, 2.05) is 38.1 Å². The highest BCUT2D eigenvalue weighted by atomic mass is 32.2. The van der Waals surface area contributed by atoms with Gasteiger partial charge < -0.3 is 5.32 Å². The number of H-pyrrole nitrogens is 1. The number of tetrazole rings is 1. The lowest BCUT2D eigenvalue weighted by molar-refractivity contribution is -0.114. The summed E-state index contributed by atoms with van der Waals surface area (Å²) in [7, 11) is -4.10. The summed E-state index contributed by atoms with van der Waals surface area (Å²) in [5, 5.41) is 18.0. The maximum Gasteiger partial charge on any atom is 0.265 e. The van der Waals surface area contributed by atoms with Crippen LogP contribution in [0.1, 0.15) is 11.1 Å². The predicted molar refractivity (Wildman–Crippen MR) is 143 cm³/mol. The summed E-state index contributed by atoms with van der Waals surface area (Å²) in [6, 6.07) is 24.8. The van der Waals surface area contributed by atoms with Gasteiger partial charge in [0.1, 0.15) is 6.54 Å². The molecule has 4 aromatic carbocycles. The van der Waals surface area contributed by atoms with Crippen molar-refractivity contribution in [2.45, 2.75) is 18.7 Å². The molecule has 1 aromatic heterocycles. The molecule has 0 atom stereocenters. The number of aromatic amines is 1. The van der Waals surface area contributed by atoms with Gasteiger partial charge in [-0.25, -0.2) is 8.42 Å². The van der Waals surface area contributed by atoms with E-state index in [9.17, 15) is 13.2 Å². The normalized spacial score (nSPS) is 11.4. The lowest BCUT2D eigenvalue weighted by Gasteiger charge is -2.27. The molecule has 1 heterocycles. The average molecular weight is 513 g/mol. The first-order valence-electron chi connectivity index (χ1n) is 11.5. The topological polar surface area (TPSA) is 121 Å². The van der Waals surface area contributed by atoms with E-state index in [-0.39, 0.29) is 4.90 Å². The highest BCUT2D eigenvalue weighted by molar-refractivity contribution is 7.93.